The van der Waals surface area contributed by atoms with E-state index in [1.165, 1.54) is 31.1 Å². The van der Waals surface area contributed by atoms with Crippen LogP contribution in [0.2, 0.25) is 0 Å². The lowest BCUT2D eigenvalue weighted by Crippen LogP contribution is -2.72. The lowest BCUT2D eigenvalue weighted by molar-refractivity contribution is -0.0311. The molecule has 1 saturated carbocycles. The summed E-state index contributed by atoms with van der Waals surface area (Å²) in [7, 11) is -3.04. The summed E-state index contributed by atoms with van der Waals surface area (Å²) in [5, 5.41) is 3.87. The van der Waals surface area contributed by atoms with Crippen molar-refractivity contribution in [2.75, 3.05) is 32.4 Å². The second kappa shape index (κ2) is 6.89. The van der Waals surface area contributed by atoms with E-state index in [0.717, 1.165) is 19.5 Å². The maximum Gasteiger partial charge on any atom is 0.211 e. The third-order valence-corrected chi connectivity index (χ3v) is 7.90. The topological polar surface area (TPSA) is 52.6 Å². The Hall–Kier alpha value is -0.950. The number of rotatable bonds is 6. The molecule has 6 heteroatoms. The Balaban J connectivity index is 1.26. The van der Waals surface area contributed by atoms with Gasteiger partial charge in [-0.25, -0.2) is 8.42 Å². The van der Waals surface area contributed by atoms with Crippen molar-refractivity contribution in [3.8, 4) is 0 Å². The minimum Gasteiger partial charge on any atom is -0.311 e. The summed E-state index contributed by atoms with van der Waals surface area (Å²) in [4.78, 5) is 2.55. The number of piperidine rings is 1. The minimum atomic E-state index is -3.04. The number of nitrogens with one attached hydrogen (secondary N) is 1. The fourth-order valence-corrected chi connectivity index (χ4v) is 5.71. The molecule has 1 N–H and O–H groups in total. The fourth-order valence-electron chi connectivity index (χ4n) is 4.76. The number of sulfonamides is 1. The molecule has 2 saturated heterocycles. The van der Waals surface area contributed by atoms with Crippen LogP contribution < -0.4 is 5.32 Å². The molecule has 2 heterocycles. The molecular formula is C20H31N3O2S. The van der Waals surface area contributed by atoms with Gasteiger partial charge >= 0.3 is 0 Å². The summed E-state index contributed by atoms with van der Waals surface area (Å²) in [6.07, 6.45) is 5.93. The zero-order valence-corrected chi connectivity index (χ0v) is 16.7. The molecular weight excluding hydrogens is 346 g/mol. The standard InChI is InChI=1S/C20H31N3O2S/c1-3-20(14-23(15-20)26(2,24)25)22-11-9-17(10-12-22)21-19-13-18(19)16-7-5-4-6-8-16/h4-8,17-19,21H,3,9-15H2,1-2H3/t18-,19+/m0/s1. The minimum absolute atomic E-state index is 0.0696. The highest BCUT2D eigenvalue weighted by Gasteiger charge is 2.50. The van der Waals surface area contributed by atoms with Crippen LogP contribution in [-0.2, 0) is 10.0 Å². The van der Waals surface area contributed by atoms with Crippen molar-refractivity contribution in [1.29, 1.82) is 0 Å². The van der Waals surface area contributed by atoms with Crippen LogP contribution in [0.15, 0.2) is 30.3 Å². The monoisotopic (exact) mass is 377 g/mol. The smallest absolute Gasteiger partial charge is 0.211 e. The van der Waals surface area contributed by atoms with E-state index in [9.17, 15) is 8.42 Å². The van der Waals surface area contributed by atoms with E-state index < -0.39 is 10.0 Å². The normalized spacial score (nSPS) is 30.1. The maximum atomic E-state index is 11.7. The highest BCUT2D eigenvalue weighted by molar-refractivity contribution is 7.88. The van der Waals surface area contributed by atoms with Gasteiger partial charge in [0.2, 0.25) is 10.0 Å². The highest BCUT2D eigenvalue weighted by atomic mass is 32.2. The Bertz CT molecular complexity index is 723. The molecule has 2 atom stereocenters. The predicted molar refractivity (Wildman–Crippen MR) is 105 cm³/mol. The molecule has 144 valence electrons. The first-order chi connectivity index (χ1) is 12.4. The molecule has 0 spiro atoms. The van der Waals surface area contributed by atoms with Gasteiger partial charge in [-0.2, -0.15) is 4.31 Å². The summed E-state index contributed by atoms with van der Waals surface area (Å²) in [5.74, 6) is 0.686. The lowest BCUT2D eigenvalue weighted by atomic mass is 9.85. The molecule has 1 aromatic carbocycles. The SMILES string of the molecule is CCC1(N2CCC(N[C@@H]3C[C@H]3c3ccccc3)CC2)CN(S(C)(=O)=O)C1. The number of likely N-dealkylation sites (tertiary alicyclic amines) is 1. The molecule has 3 fully saturated rings. The van der Waals surface area contributed by atoms with Crippen molar-refractivity contribution in [2.45, 2.75) is 56.1 Å². The third-order valence-electron chi connectivity index (χ3n) is 6.70. The summed E-state index contributed by atoms with van der Waals surface area (Å²) < 4.78 is 25.1. The number of hydrogen-bond donors (Lipinski definition) is 1. The summed E-state index contributed by atoms with van der Waals surface area (Å²) in [5.41, 5.74) is 1.53. The average Bonchev–Trinajstić information content (AvgIpc) is 3.35. The molecule has 1 aromatic rings. The van der Waals surface area contributed by atoms with Gasteiger partial charge in [0.1, 0.15) is 0 Å². The van der Waals surface area contributed by atoms with Crippen LogP contribution in [0.4, 0.5) is 0 Å². The van der Waals surface area contributed by atoms with Crippen LogP contribution in [0.1, 0.15) is 44.1 Å². The van der Waals surface area contributed by atoms with Crippen molar-refractivity contribution in [1.82, 2.24) is 14.5 Å². The van der Waals surface area contributed by atoms with Crippen LogP contribution in [0.5, 0.6) is 0 Å². The number of benzene rings is 1. The van der Waals surface area contributed by atoms with Gasteiger partial charge in [0.25, 0.3) is 0 Å². The summed E-state index contributed by atoms with van der Waals surface area (Å²) in [6, 6.07) is 12.1. The number of nitrogens with zero attached hydrogens (tertiary/aromatic N) is 2. The Morgan fingerprint density at radius 3 is 2.38 bits per heavy atom. The van der Waals surface area contributed by atoms with Crippen molar-refractivity contribution >= 4 is 10.0 Å². The zero-order chi connectivity index (χ0) is 18.4. The summed E-state index contributed by atoms with van der Waals surface area (Å²) >= 11 is 0. The molecule has 4 rings (SSSR count). The third kappa shape index (κ3) is 3.57. The van der Waals surface area contributed by atoms with Crippen molar-refractivity contribution in [3.05, 3.63) is 35.9 Å². The molecule has 0 radical (unpaired) electrons. The molecule has 0 unspecified atom stereocenters. The van der Waals surface area contributed by atoms with Crippen molar-refractivity contribution in [2.24, 2.45) is 0 Å². The Labute approximate surface area is 157 Å². The molecule has 0 bridgehead atoms. The van der Waals surface area contributed by atoms with Gasteiger partial charge in [-0.15, -0.1) is 0 Å². The van der Waals surface area contributed by atoms with Crippen LogP contribution in [0, 0.1) is 0 Å². The van der Waals surface area contributed by atoms with Gasteiger partial charge in [0.15, 0.2) is 0 Å². The van der Waals surface area contributed by atoms with E-state index in [1.807, 2.05) is 0 Å². The molecule has 5 nitrogen and oxygen atoms in total. The van der Waals surface area contributed by atoms with Gasteiger partial charge in [0.05, 0.1) is 6.26 Å². The van der Waals surface area contributed by atoms with E-state index in [2.05, 4.69) is 47.5 Å². The van der Waals surface area contributed by atoms with Crippen molar-refractivity contribution < 1.29 is 8.42 Å². The van der Waals surface area contributed by atoms with Crippen LogP contribution in [-0.4, -0.2) is 67.7 Å². The van der Waals surface area contributed by atoms with Gasteiger partial charge < -0.3 is 5.32 Å². The summed E-state index contributed by atoms with van der Waals surface area (Å²) in [6.45, 7) is 5.68. The number of hydrogen-bond acceptors (Lipinski definition) is 4. The largest absolute Gasteiger partial charge is 0.311 e. The quantitative estimate of drug-likeness (QED) is 0.824. The molecule has 1 aliphatic carbocycles. The first-order valence-corrected chi connectivity index (χ1v) is 11.8. The van der Waals surface area contributed by atoms with E-state index >= 15 is 0 Å². The first kappa shape index (κ1) is 18.4. The Morgan fingerprint density at radius 2 is 1.81 bits per heavy atom. The molecule has 0 amide bonds. The zero-order valence-electron chi connectivity index (χ0n) is 15.9. The van der Waals surface area contributed by atoms with E-state index in [4.69, 9.17) is 0 Å². The van der Waals surface area contributed by atoms with Crippen LogP contribution >= 0.6 is 0 Å². The highest BCUT2D eigenvalue weighted by Crippen LogP contribution is 2.42. The van der Waals surface area contributed by atoms with Gasteiger partial charge in [-0.05, 0) is 31.2 Å². The molecule has 0 aromatic heterocycles. The van der Waals surface area contributed by atoms with Crippen LogP contribution in [0.25, 0.3) is 0 Å². The lowest BCUT2D eigenvalue weighted by Gasteiger charge is -2.56. The average molecular weight is 378 g/mol. The molecule has 26 heavy (non-hydrogen) atoms. The van der Waals surface area contributed by atoms with Gasteiger partial charge in [0, 0.05) is 49.7 Å². The molecule has 3 aliphatic rings. The van der Waals surface area contributed by atoms with Crippen LogP contribution in [0.3, 0.4) is 0 Å². The first-order valence-electron chi connectivity index (χ1n) is 9.92. The molecule has 2 aliphatic heterocycles. The predicted octanol–water partition coefficient (Wildman–Crippen LogP) is 2.02. The Kier molecular flexibility index (Phi) is 4.88. The van der Waals surface area contributed by atoms with Gasteiger partial charge in [-0.3, -0.25) is 4.90 Å². The van der Waals surface area contributed by atoms with E-state index in [-0.39, 0.29) is 5.54 Å². The van der Waals surface area contributed by atoms with E-state index in [1.54, 1.807) is 4.31 Å². The Morgan fingerprint density at radius 1 is 1.15 bits per heavy atom. The van der Waals surface area contributed by atoms with Crippen molar-refractivity contribution in [3.63, 3.8) is 0 Å². The van der Waals surface area contributed by atoms with Gasteiger partial charge in [-0.1, -0.05) is 37.3 Å². The van der Waals surface area contributed by atoms with E-state index in [0.29, 0.717) is 31.1 Å². The second-order valence-corrected chi connectivity index (χ2v) is 10.4. The fraction of sp³-hybridized carbons (Fsp3) is 0.700. The maximum absolute atomic E-state index is 11.7. The second-order valence-electron chi connectivity index (χ2n) is 8.40.